The number of benzene rings is 1. The molecule has 7 nitrogen and oxygen atoms in total. The lowest BCUT2D eigenvalue weighted by Gasteiger charge is -2.05. The molecule has 1 aromatic carbocycles. The summed E-state index contributed by atoms with van der Waals surface area (Å²) >= 11 is 1.27. The molecule has 0 fully saturated rings. The zero-order chi connectivity index (χ0) is 13.1. The highest BCUT2D eigenvalue weighted by Crippen LogP contribution is 2.28. The second-order valence-electron chi connectivity index (χ2n) is 3.29. The van der Waals surface area contributed by atoms with Crippen molar-refractivity contribution in [1.82, 2.24) is 4.98 Å². The number of aromatic hydroxyl groups is 1. The second-order valence-corrected chi connectivity index (χ2v) is 4.01. The van der Waals surface area contributed by atoms with Crippen molar-refractivity contribution in [2.75, 3.05) is 5.32 Å². The van der Waals surface area contributed by atoms with Gasteiger partial charge in [-0.1, -0.05) is 0 Å². The summed E-state index contributed by atoms with van der Waals surface area (Å²) in [4.78, 5) is 25.3. The first-order valence-corrected chi connectivity index (χ1v) is 5.69. The molecule has 18 heavy (non-hydrogen) atoms. The fraction of sp³-hybridized carbons (Fsp3) is 0. The molecule has 0 spiro atoms. The zero-order valence-corrected chi connectivity index (χ0v) is 9.68. The highest BCUT2D eigenvalue weighted by Gasteiger charge is 2.13. The zero-order valence-electron chi connectivity index (χ0n) is 8.86. The van der Waals surface area contributed by atoms with Gasteiger partial charge in [0.05, 0.1) is 22.2 Å². The van der Waals surface area contributed by atoms with Gasteiger partial charge in [0.15, 0.2) is 0 Å². The Balaban J connectivity index is 2.20. The number of phenolic OH excluding ortho intramolecular Hbond substituents is 1. The SMILES string of the molecule is O=C(Nc1ccc([N+](=O)[O-])cc1O)c1cscn1. The molecule has 0 aliphatic heterocycles. The predicted molar refractivity (Wildman–Crippen MR) is 64.8 cm³/mol. The summed E-state index contributed by atoms with van der Waals surface area (Å²) in [5.41, 5.74) is 1.57. The minimum atomic E-state index is -0.633. The fourth-order valence-corrected chi connectivity index (χ4v) is 1.78. The maximum atomic E-state index is 11.6. The number of hydrogen-bond donors (Lipinski definition) is 2. The molecule has 0 aliphatic rings. The van der Waals surface area contributed by atoms with Gasteiger partial charge in [-0.25, -0.2) is 4.98 Å². The maximum absolute atomic E-state index is 11.6. The van der Waals surface area contributed by atoms with E-state index in [0.717, 1.165) is 6.07 Å². The Morgan fingerprint density at radius 1 is 1.50 bits per heavy atom. The summed E-state index contributed by atoms with van der Waals surface area (Å²) < 4.78 is 0. The van der Waals surface area contributed by atoms with Crippen LogP contribution in [0.5, 0.6) is 5.75 Å². The van der Waals surface area contributed by atoms with Crippen molar-refractivity contribution in [3.05, 3.63) is 44.9 Å². The predicted octanol–water partition coefficient (Wildman–Crippen LogP) is 2.01. The van der Waals surface area contributed by atoms with E-state index in [1.54, 1.807) is 5.38 Å². The standard InChI is InChI=1S/C10H7N3O4S/c14-9-3-6(13(16)17)1-2-7(9)12-10(15)8-4-18-5-11-8/h1-5,14H,(H,12,15). The number of thiazole rings is 1. The summed E-state index contributed by atoms with van der Waals surface area (Å²) in [6.45, 7) is 0. The number of nitrogens with zero attached hydrogens (tertiary/aromatic N) is 2. The first kappa shape index (κ1) is 12.0. The summed E-state index contributed by atoms with van der Waals surface area (Å²) in [5.74, 6) is -0.854. The van der Waals surface area contributed by atoms with Crippen molar-refractivity contribution in [3.63, 3.8) is 0 Å². The van der Waals surface area contributed by atoms with Crippen LogP contribution in [0.1, 0.15) is 10.5 Å². The molecule has 2 N–H and O–H groups in total. The number of rotatable bonds is 3. The molecule has 0 atom stereocenters. The van der Waals surface area contributed by atoms with E-state index in [1.165, 1.54) is 29.0 Å². The summed E-state index contributed by atoms with van der Waals surface area (Å²) in [5, 5.41) is 24.0. The third-order valence-corrected chi connectivity index (χ3v) is 2.69. The number of amides is 1. The van der Waals surface area contributed by atoms with Crippen molar-refractivity contribution in [2.45, 2.75) is 0 Å². The molecule has 2 rings (SSSR count). The highest BCUT2D eigenvalue weighted by molar-refractivity contribution is 7.07. The largest absolute Gasteiger partial charge is 0.506 e. The van der Waals surface area contributed by atoms with Crippen LogP contribution in [-0.4, -0.2) is 20.9 Å². The van der Waals surface area contributed by atoms with E-state index in [2.05, 4.69) is 10.3 Å². The summed E-state index contributed by atoms with van der Waals surface area (Å²) in [6, 6.07) is 3.42. The maximum Gasteiger partial charge on any atom is 0.275 e. The molecule has 1 aromatic heterocycles. The van der Waals surface area contributed by atoms with Crippen molar-refractivity contribution in [1.29, 1.82) is 0 Å². The minimum absolute atomic E-state index is 0.0959. The number of phenols is 1. The Bertz CT molecular complexity index is 597. The van der Waals surface area contributed by atoms with Crippen LogP contribution in [0.3, 0.4) is 0 Å². The van der Waals surface area contributed by atoms with Crippen molar-refractivity contribution in [3.8, 4) is 5.75 Å². The van der Waals surface area contributed by atoms with Crippen molar-refractivity contribution >= 4 is 28.6 Å². The van der Waals surface area contributed by atoms with Gasteiger partial charge in [0, 0.05) is 11.4 Å². The quantitative estimate of drug-likeness (QED) is 0.501. The van der Waals surface area contributed by atoms with Crippen molar-refractivity contribution < 1.29 is 14.8 Å². The first-order chi connectivity index (χ1) is 8.58. The molecular weight excluding hydrogens is 258 g/mol. The van der Waals surface area contributed by atoms with Gasteiger partial charge in [0.25, 0.3) is 11.6 Å². The lowest BCUT2D eigenvalue weighted by molar-refractivity contribution is -0.384. The second kappa shape index (κ2) is 4.80. The molecule has 0 unspecified atom stereocenters. The third-order valence-electron chi connectivity index (χ3n) is 2.11. The van der Waals surface area contributed by atoms with Gasteiger partial charge < -0.3 is 10.4 Å². The van der Waals surface area contributed by atoms with E-state index >= 15 is 0 Å². The molecule has 8 heteroatoms. The van der Waals surface area contributed by atoms with Crippen LogP contribution >= 0.6 is 11.3 Å². The Labute approximate surface area is 105 Å². The number of nitro groups is 1. The lowest BCUT2D eigenvalue weighted by atomic mass is 10.2. The van der Waals surface area contributed by atoms with E-state index < -0.39 is 10.8 Å². The Kier molecular flexibility index (Phi) is 3.20. The molecule has 0 aliphatic carbocycles. The van der Waals surface area contributed by atoms with Gasteiger partial charge >= 0.3 is 0 Å². The number of carbonyl (C=O) groups excluding carboxylic acids is 1. The Hall–Kier alpha value is -2.48. The Morgan fingerprint density at radius 3 is 2.83 bits per heavy atom. The van der Waals surface area contributed by atoms with Gasteiger partial charge in [-0.2, -0.15) is 0 Å². The van der Waals surface area contributed by atoms with E-state index in [4.69, 9.17) is 0 Å². The van der Waals surface area contributed by atoms with Crippen LogP contribution in [0.4, 0.5) is 11.4 Å². The van der Waals surface area contributed by atoms with Gasteiger partial charge in [0.2, 0.25) is 0 Å². The van der Waals surface area contributed by atoms with Crippen LogP contribution in [0.2, 0.25) is 0 Å². The monoisotopic (exact) mass is 265 g/mol. The minimum Gasteiger partial charge on any atom is -0.506 e. The average Bonchev–Trinajstić information content (AvgIpc) is 2.85. The number of aromatic nitrogens is 1. The molecule has 0 bridgehead atoms. The van der Waals surface area contributed by atoms with Crippen LogP contribution < -0.4 is 5.32 Å². The van der Waals surface area contributed by atoms with E-state index in [1.807, 2.05) is 0 Å². The molecule has 0 saturated heterocycles. The molecule has 92 valence electrons. The smallest absolute Gasteiger partial charge is 0.275 e. The van der Waals surface area contributed by atoms with Crippen LogP contribution in [0.25, 0.3) is 0 Å². The normalized spacial score (nSPS) is 10.0. The van der Waals surface area contributed by atoms with Gasteiger partial charge in [-0.3, -0.25) is 14.9 Å². The van der Waals surface area contributed by atoms with Crippen LogP contribution in [0.15, 0.2) is 29.1 Å². The number of nitrogens with one attached hydrogen (secondary N) is 1. The van der Waals surface area contributed by atoms with Gasteiger partial charge in [0.1, 0.15) is 11.4 Å². The molecular formula is C10H7N3O4S. The fourth-order valence-electron chi connectivity index (χ4n) is 1.25. The Morgan fingerprint density at radius 2 is 2.28 bits per heavy atom. The first-order valence-electron chi connectivity index (χ1n) is 4.75. The molecule has 0 saturated carbocycles. The third kappa shape index (κ3) is 2.43. The number of hydrogen-bond acceptors (Lipinski definition) is 6. The molecule has 0 radical (unpaired) electrons. The lowest BCUT2D eigenvalue weighted by Crippen LogP contribution is -2.12. The molecule has 1 heterocycles. The number of anilines is 1. The van der Waals surface area contributed by atoms with Crippen molar-refractivity contribution in [2.24, 2.45) is 0 Å². The molecule has 1 amide bonds. The van der Waals surface area contributed by atoms with E-state index in [9.17, 15) is 20.0 Å². The van der Waals surface area contributed by atoms with Gasteiger partial charge in [-0.15, -0.1) is 11.3 Å². The molecule has 2 aromatic rings. The van der Waals surface area contributed by atoms with E-state index in [-0.39, 0.29) is 22.8 Å². The highest BCUT2D eigenvalue weighted by atomic mass is 32.1. The van der Waals surface area contributed by atoms with Crippen LogP contribution in [-0.2, 0) is 0 Å². The topological polar surface area (TPSA) is 105 Å². The number of nitro benzene ring substituents is 1. The van der Waals surface area contributed by atoms with Crippen LogP contribution in [0, 0.1) is 10.1 Å². The van der Waals surface area contributed by atoms with E-state index in [0.29, 0.717) is 0 Å². The van der Waals surface area contributed by atoms with Gasteiger partial charge in [-0.05, 0) is 6.07 Å². The summed E-state index contributed by atoms with van der Waals surface area (Å²) in [7, 11) is 0. The number of non-ortho nitro benzene ring substituents is 1. The number of carbonyl (C=O) groups is 1. The summed E-state index contributed by atoms with van der Waals surface area (Å²) in [6.07, 6.45) is 0. The average molecular weight is 265 g/mol.